The van der Waals surface area contributed by atoms with Crippen LogP contribution in [0.4, 0.5) is 0 Å². The molecule has 6 heteroatoms. The van der Waals surface area contributed by atoms with Gasteiger partial charge < -0.3 is 9.14 Å². The molecule has 0 aliphatic carbocycles. The van der Waals surface area contributed by atoms with Gasteiger partial charge in [-0.1, -0.05) is 18.5 Å². The van der Waals surface area contributed by atoms with Crippen molar-refractivity contribution in [3.8, 4) is 0 Å². The molecule has 0 fully saturated rings. The smallest absolute Gasteiger partial charge is 0.348 e. The highest BCUT2D eigenvalue weighted by molar-refractivity contribution is 7.14. The molecule has 3 aromatic heterocycles. The minimum atomic E-state index is -0.303. The van der Waals surface area contributed by atoms with Gasteiger partial charge in [0.25, 0.3) is 0 Å². The lowest BCUT2D eigenvalue weighted by Gasteiger charge is -1.99. The molecule has 22 heavy (non-hydrogen) atoms. The molecule has 0 unspecified atom stereocenters. The van der Waals surface area contributed by atoms with Gasteiger partial charge in [0.2, 0.25) is 0 Å². The summed E-state index contributed by atoms with van der Waals surface area (Å²) in [6.07, 6.45) is 4.51. The van der Waals surface area contributed by atoms with Crippen LogP contribution < -0.4 is 0 Å². The molecule has 0 saturated heterocycles. The number of pyridine rings is 1. The molecular formula is C16H15ClN2O2S. The van der Waals surface area contributed by atoms with E-state index in [1.54, 1.807) is 12.3 Å². The second-order valence-electron chi connectivity index (χ2n) is 4.99. The van der Waals surface area contributed by atoms with Crippen LogP contribution in [0.1, 0.15) is 32.7 Å². The molecule has 0 aromatic carbocycles. The van der Waals surface area contributed by atoms with Crippen molar-refractivity contribution in [3.63, 3.8) is 0 Å². The number of thiophene rings is 1. The number of rotatable bonds is 4. The summed E-state index contributed by atoms with van der Waals surface area (Å²) in [6.45, 7) is 4.24. The predicted molar refractivity (Wildman–Crippen MR) is 87.8 cm³/mol. The van der Waals surface area contributed by atoms with Gasteiger partial charge in [-0.05, 0) is 37.1 Å². The monoisotopic (exact) mass is 334 g/mol. The van der Waals surface area contributed by atoms with Gasteiger partial charge in [-0.3, -0.25) is 0 Å². The lowest BCUT2D eigenvalue weighted by atomic mass is 10.2. The van der Waals surface area contributed by atoms with Gasteiger partial charge in [-0.25, -0.2) is 9.78 Å². The van der Waals surface area contributed by atoms with E-state index in [0.29, 0.717) is 15.6 Å². The summed E-state index contributed by atoms with van der Waals surface area (Å²) in [7, 11) is 0. The van der Waals surface area contributed by atoms with Crippen LogP contribution in [0.15, 0.2) is 30.6 Å². The average molecular weight is 335 g/mol. The van der Waals surface area contributed by atoms with Crippen molar-refractivity contribution in [2.24, 2.45) is 0 Å². The summed E-state index contributed by atoms with van der Waals surface area (Å²) in [5, 5.41) is 0.634. The standard InChI is InChI=1S/C16H15ClN2O2S/c1-3-13-10(2)6-14(22-13)16(20)21-9-12-8-19-7-11(17)4-5-15(19)18-12/h4-8H,3,9H2,1-2H3. The van der Waals surface area contributed by atoms with Crippen molar-refractivity contribution >= 4 is 34.6 Å². The molecule has 0 aliphatic heterocycles. The molecule has 0 atom stereocenters. The van der Waals surface area contributed by atoms with E-state index in [1.165, 1.54) is 16.2 Å². The number of aryl methyl sites for hydroxylation is 2. The number of hydrogen-bond donors (Lipinski definition) is 0. The van der Waals surface area contributed by atoms with Crippen LogP contribution in [0.5, 0.6) is 0 Å². The van der Waals surface area contributed by atoms with E-state index >= 15 is 0 Å². The minimum Gasteiger partial charge on any atom is -0.455 e. The second-order valence-corrected chi connectivity index (χ2v) is 6.56. The van der Waals surface area contributed by atoms with Gasteiger partial charge in [0.15, 0.2) is 0 Å². The molecule has 3 aromatic rings. The Morgan fingerprint density at radius 2 is 2.23 bits per heavy atom. The molecule has 114 valence electrons. The number of fused-ring (bicyclic) bond motifs is 1. The lowest BCUT2D eigenvalue weighted by Crippen LogP contribution is -2.03. The maximum atomic E-state index is 12.1. The Hall–Kier alpha value is -1.85. The Morgan fingerprint density at radius 3 is 2.95 bits per heavy atom. The van der Waals surface area contributed by atoms with Crippen molar-refractivity contribution in [2.45, 2.75) is 26.9 Å². The first kappa shape index (κ1) is 15.1. The van der Waals surface area contributed by atoms with E-state index < -0.39 is 0 Å². The van der Waals surface area contributed by atoms with E-state index in [4.69, 9.17) is 16.3 Å². The zero-order valence-electron chi connectivity index (χ0n) is 12.3. The number of aromatic nitrogens is 2. The fourth-order valence-electron chi connectivity index (χ4n) is 2.27. The number of hydrogen-bond acceptors (Lipinski definition) is 4. The van der Waals surface area contributed by atoms with Gasteiger partial charge in [-0.15, -0.1) is 11.3 Å². The summed E-state index contributed by atoms with van der Waals surface area (Å²) in [4.78, 5) is 18.3. The summed E-state index contributed by atoms with van der Waals surface area (Å²) >= 11 is 7.43. The molecule has 0 radical (unpaired) electrons. The van der Waals surface area contributed by atoms with Crippen LogP contribution in [0.2, 0.25) is 5.02 Å². The molecule has 3 heterocycles. The zero-order valence-corrected chi connectivity index (χ0v) is 13.9. The second kappa shape index (κ2) is 6.10. The van der Waals surface area contributed by atoms with E-state index in [0.717, 1.165) is 17.6 Å². The summed E-state index contributed by atoms with van der Waals surface area (Å²) in [5.74, 6) is -0.303. The van der Waals surface area contributed by atoms with Crippen LogP contribution >= 0.6 is 22.9 Å². The maximum absolute atomic E-state index is 12.1. The quantitative estimate of drug-likeness (QED) is 0.669. The fraction of sp³-hybridized carbons (Fsp3) is 0.250. The fourth-order valence-corrected chi connectivity index (χ4v) is 3.44. The van der Waals surface area contributed by atoms with Gasteiger partial charge in [0.1, 0.15) is 17.1 Å². The molecule has 0 aliphatic rings. The van der Waals surface area contributed by atoms with Crippen LogP contribution in [-0.4, -0.2) is 15.4 Å². The van der Waals surface area contributed by atoms with Crippen LogP contribution in [0, 0.1) is 6.92 Å². The minimum absolute atomic E-state index is 0.149. The Balaban J connectivity index is 1.71. The number of ether oxygens (including phenoxy) is 1. The molecule has 3 rings (SSSR count). The number of halogens is 1. The Kier molecular flexibility index (Phi) is 4.18. The third-order valence-electron chi connectivity index (χ3n) is 3.36. The van der Waals surface area contributed by atoms with Crippen molar-refractivity contribution in [2.75, 3.05) is 0 Å². The van der Waals surface area contributed by atoms with Gasteiger partial charge >= 0.3 is 5.97 Å². The Morgan fingerprint density at radius 1 is 1.41 bits per heavy atom. The third kappa shape index (κ3) is 3.00. The molecule has 0 saturated carbocycles. The average Bonchev–Trinajstić information content (AvgIpc) is 3.07. The predicted octanol–water partition coefficient (Wildman–Crippen LogP) is 4.28. The summed E-state index contributed by atoms with van der Waals surface area (Å²) in [5.41, 5.74) is 2.61. The van der Waals surface area contributed by atoms with E-state index in [2.05, 4.69) is 11.9 Å². The molecule has 0 N–H and O–H groups in total. The number of esters is 1. The Labute approximate surface area is 137 Å². The Bertz CT molecular complexity index is 838. The number of carbonyl (C=O) groups is 1. The van der Waals surface area contributed by atoms with Gasteiger partial charge in [0.05, 0.1) is 10.7 Å². The van der Waals surface area contributed by atoms with Gasteiger partial charge in [0, 0.05) is 17.3 Å². The number of carbonyl (C=O) groups excluding carboxylic acids is 1. The summed E-state index contributed by atoms with van der Waals surface area (Å²) < 4.78 is 7.16. The SMILES string of the molecule is CCc1sc(C(=O)OCc2cn3cc(Cl)ccc3n2)cc1C. The first-order valence-corrected chi connectivity index (χ1v) is 8.16. The first-order chi connectivity index (χ1) is 10.6. The first-order valence-electron chi connectivity index (χ1n) is 6.96. The molecule has 0 amide bonds. The number of imidazole rings is 1. The van der Waals surface area contributed by atoms with Crippen LogP contribution in [0.25, 0.3) is 5.65 Å². The molecular weight excluding hydrogens is 320 g/mol. The van der Waals surface area contributed by atoms with E-state index in [1.807, 2.05) is 29.7 Å². The molecule has 0 bridgehead atoms. The zero-order chi connectivity index (χ0) is 15.7. The van der Waals surface area contributed by atoms with Crippen LogP contribution in [0.3, 0.4) is 0 Å². The topological polar surface area (TPSA) is 43.6 Å². The number of nitrogens with zero attached hydrogens (tertiary/aromatic N) is 2. The highest BCUT2D eigenvalue weighted by Gasteiger charge is 2.14. The van der Waals surface area contributed by atoms with Gasteiger partial charge in [-0.2, -0.15) is 0 Å². The van der Waals surface area contributed by atoms with Crippen LogP contribution in [-0.2, 0) is 17.8 Å². The van der Waals surface area contributed by atoms with Crippen molar-refractivity contribution in [1.82, 2.24) is 9.38 Å². The highest BCUT2D eigenvalue weighted by atomic mass is 35.5. The largest absolute Gasteiger partial charge is 0.455 e. The highest BCUT2D eigenvalue weighted by Crippen LogP contribution is 2.23. The third-order valence-corrected chi connectivity index (χ3v) is 4.94. The van der Waals surface area contributed by atoms with E-state index in [-0.39, 0.29) is 12.6 Å². The lowest BCUT2D eigenvalue weighted by molar-refractivity contribution is 0.0474. The van der Waals surface area contributed by atoms with E-state index in [9.17, 15) is 4.79 Å². The van der Waals surface area contributed by atoms with Crippen molar-refractivity contribution in [1.29, 1.82) is 0 Å². The maximum Gasteiger partial charge on any atom is 0.348 e. The normalized spacial score (nSPS) is 11.0. The van der Waals surface area contributed by atoms with Crippen molar-refractivity contribution < 1.29 is 9.53 Å². The molecule has 4 nitrogen and oxygen atoms in total. The van der Waals surface area contributed by atoms with Crippen molar-refractivity contribution in [3.05, 3.63) is 56.6 Å². The molecule has 0 spiro atoms. The summed E-state index contributed by atoms with van der Waals surface area (Å²) in [6, 6.07) is 5.49.